The van der Waals surface area contributed by atoms with Crippen LogP contribution >= 0.6 is 15.9 Å². The van der Waals surface area contributed by atoms with Crippen LogP contribution in [0.1, 0.15) is 12.5 Å². The van der Waals surface area contributed by atoms with Gasteiger partial charge in [0, 0.05) is 22.7 Å². The summed E-state index contributed by atoms with van der Waals surface area (Å²) < 4.78 is 0.886. The molecular formula is C10H12BrN3. The standard InChI is InChI=1S/C10H12BrN3/c1-7(13)6-14-10-3-2-8(5-12)4-9(10)11/h2-4,7,14H,6,13H2,1H3. The van der Waals surface area contributed by atoms with Crippen molar-refractivity contribution in [3.05, 3.63) is 28.2 Å². The molecule has 0 spiro atoms. The summed E-state index contributed by atoms with van der Waals surface area (Å²) in [5.74, 6) is 0. The average molecular weight is 254 g/mol. The van der Waals surface area contributed by atoms with E-state index in [2.05, 4.69) is 27.3 Å². The number of anilines is 1. The molecule has 0 heterocycles. The Morgan fingerprint density at radius 1 is 1.64 bits per heavy atom. The van der Waals surface area contributed by atoms with Crippen molar-refractivity contribution in [1.29, 1.82) is 5.26 Å². The van der Waals surface area contributed by atoms with Crippen LogP contribution in [0.5, 0.6) is 0 Å². The minimum absolute atomic E-state index is 0.109. The second-order valence-electron chi connectivity index (χ2n) is 3.16. The van der Waals surface area contributed by atoms with Gasteiger partial charge >= 0.3 is 0 Å². The summed E-state index contributed by atoms with van der Waals surface area (Å²) in [7, 11) is 0. The molecule has 0 saturated heterocycles. The van der Waals surface area contributed by atoms with E-state index in [4.69, 9.17) is 11.0 Å². The van der Waals surface area contributed by atoms with Crippen molar-refractivity contribution in [2.75, 3.05) is 11.9 Å². The van der Waals surface area contributed by atoms with Crippen LogP contribution in [0.15, 0.2) is 22.7 Å². The number of hydrogen-bond donors (Lipinski definition) is 2. The summed E-state index contributed by atoms with van der Waals surface area (Å²) in [6.07, 6.45) is 0. The predicted molar refractivity (Wildman–Crippen MR) is 61.0 cm³/mol. The first-order valence-electron chi connectivity index (χ1n) is 4.32. The van der Waals surface area contributed by atoms with Gasteiger partial charge in [0.15, 0.2) is 0 Å². The molecule has 4 heteroatoms. The Bertz CT molecular complexity index is 355. The lowest BCUT2D eigenvalue weighted by atomic mass is 10.2. The highest BCUT2D eigenvalue weighted by atomic mass is 79.9. The number of hydrogen-bond acceptors (Lipinski definition) is 3. The molecule has 0 saturated carbocycles. The van der Waals surface area contributed by atoms with E-state index in [1.54, 1.807) is 12.1 Å². The Morgan fingerprint density at radius 2 is 2.36 bits per heavy atom. The summed E-state index contributed by atoms with van der Waals surface area (Å²) in [6.45, 7) is 2.65. The molecule has 1 aromatic carbocycles. The molecule has 0 aliphatic rings. The minimum Gasteiger partial charge on any atom is -0.383 e. The van der Waals surface area contributed by atoms with Gasteiger partial charge in [0.2, 0.25) is 0 Å². The number of nitrogens with two attached hydrogens (primary N) is 1. The van der Waals surface area contributed by atoms with E-state index < -0.39 is 0 Å². The zero-order chi connectivity index (χ0) is 10.6. The number of halogens is 1. The Kier molecular flexibility index (Phi) is 3.93. The zero-order valence-electron chi connectivity index (χ0n) is 7.92. The van der Waals surface area contributed by atoms with Crippen LogP contribution in [-0.4, -0.2) is 12.6 Å². The van der Waals surface area contributed by atoms with E-state index in [-0.39, 0.29) is 6.04 Å². The van der Waals surface area contributed by atoms with Gasteiger partial charge in [0.05, 0.1) is 11.6 Å². The Labute approximate surface area is 92.0 Å². The van der Waals surface area contributed by atoms with Gasteiger partial charge < -0.3 is 11.1 Å². The third kappa shape index (κ3) is 3.02. The Hall–Kier alpha value is -1.05. The highest BCUT2D eigenvalue weighted by Crippen LogP contribution is 2.23. The molecule has 0 aliphatic carbocycles. The van der Waals surface area contributed by atoms with Gasteiger partial charge in [0.1, 0.15) is 0 Å². The van der Waals surface area contributed by atoms with Crippen molar-refractivity contribution in [1.82, 2.24) is 0 Å². The Balaban J connectivity index is 2.75. The van der Waals surface area contributed by atoms with E-state index in [0.717, 1.165) is 10.2 Å². The molecule has 0 radical (unpaired) electrons. The fourth-order valence-electron chi connectivity index (χ4n) is 0.999. The van der Waals surface area contributed by atoms with E-state index in [9.17, 15) is 0 Å². The van der Waals surface area contributed by atoms with Crippen molar-refractivity contribution in [2.24, 2.45) is 5.73 Å². The first-order valence-corrected chi connectivity index (χ1v) is 5.12. The quantitative estimate of drug-likeness (QED) is 0.868. The molecule has 0 amide bonds. The minimum atomic E-state index is 0.109. The van der Waals surface area contributed by atoms with Gasteiger partial charge in [-0.1, -0.05) is 0 Å². The smallest absolute Gasteiger partial charge is 0.0992 e. The fraction of sp³-hybridized carbons (Fsp3) is 0.300. The number of benzene rings is 1. The summed E-state index contributed by atoms with van der Waals surface area (Å²) in [5, 5.41) is 11.8. The second kappa shape index (κ2) is 4.99. The van der Waals surface area contributed by atoms with Gasteiger partial charge in [0.25, 0.3) is 0 Å². The number of nitrogens with zero attached hydrogens (tertiary/aromatic N) is 1. The number of nitriles is 1. The van der Waals surface area contributed by atoms with Gasteiger partial charge in [-0.05, 0) is 41.1 Å². The van der Waals surface area contributed by atoms with Gasteiger partial charge in [-0.25, -0.2) is 0 Å². The molecule has 0 aromatic heterocycles. The van der Waals surface area contributed by atoms with Crippen molar-refractivity contribution < 1.29 is 0 Å². The molecule has 1 atom stereocenters. The summed E-state index contributed by atoms with van der Waals surface area (Å²) in [5.41, 5.74) is 7.22. The lowest BCUT2D eigenvalue weighted by molar-refractivity contribution is 0.780. The lowest BCUT2D eigenvalue weighted by Gasteiger charge is -2.10. The molecular weight excluding hydrogens is 242 g/mol. The fourth-order valence-corrected chi connectivity index (χ4v) is 1.52. The van der Waals surface area contributed by atoms with E-state index >= 15 is 0 Å². The van der Waals surface area contributed by atoms with Gasteiger partial charge in [-0.3, -0.25) is 0 Å². The molecule has 0 aliphatic heterocycles. The third-order valence-corrected chi connectivity index (χ3v) is 2.37. The van der Waals surface area contributed by atoms with Crippen LogP contribution < -0.4 is 11.1 Å². The van der Waals surface area contributed by atoms with Gasteiger partial charge in [-0.15, -0.1) is 0 Å². The van der Waals surface area contributed by atoms with Crippen molar-refractivity contribution in [3.63, 3.8) is 0 Å². The van der Waals surface area contributed by atoms with Crippen LogP contribution in [0.25, 0.3) is 0 Å². The maximum atomic E-state index is 8.66. The second-order valence-corrected chi connectivity index (χ2v) is 4.02. The molecule has 1 rings (SSSR count). The number of nitrogens with one attached hydrogen (secondary N) is 1. The van der Waals surface area contributed by atoms with E-state index in [1.807, 2.05) is 13.0 Å². The van der Waals surface area contributed by atoms with Crippen molar-refractivity contribution >= 4 is 21.6 Å². The molecule has 3 nitrogen and oxygen atoms in total. The van der Waals surface area contributed by atoms with E-state index in [0.29, 0.717) is 12.1 Å². The molecule has 74 valence electrons. The van der Waals surface area contributed by atoms with Gasteiger partial charge in [-0.2, -0.15) is 5.26 Å². The molecule has 1 unspecified atom stereocenters. The monoisotopic (exact) mass is 253 g/mol. The van der Waals surface area contributed by atoms with Crippen LogP contribution in [0, 0.1) is 11.3 Å². The van der Waals surface area contributed by atoms with Crippen LogP contribution in [0.4, 0.5) is 5.69 Å². The van der Waals surface area contributed by atoms with Crippen LogP contribution in [-0.2, 0) is 0 Å². The number of rotatable bonds is 3. The van der Waals surface area contributed by atoms with E-state index in [1.165, 1.54) is 0 Å². The first kappa shape index (κ1) is 11.0. The van der Waals surface area contributed by atoms with Crippen LogP contribution in [0.3, 0.4) is 0 Å². The molecule has 0 fully saturated rings. The maximum Gasteiger partial charge on any atom is 0.0992 e. The molecule has 0 bridgehead atoms. The average Bonchev–Trinajstić information content (AvgIpc) is 2.15. The summed E-state index contributed by atoms with van der Waals surface area (Å²) in [4.78, 5) is 0. The summed E-state index contributed by atoms with van der Waals surface area (Å²) >= 11 is 3.38. The largest absolute Gasteiger partial charge is 0.383 e. The topological polar surface area (TPSA) is 61.8 Å². The predicted octanol–water partition coefficient (Wildman–Crippen LogP) is 2.08. The maximum absolute atomic E-state index is 8.66. The normalized spacial score (nSPS) is 11.9. The van der Waals surface area contributed by atoms with Crippen molar-refractivity contribution in [3.8, 4) is 6.07 Å². The zero-order valence-corrected chi connectivity index (χ0v) is 9.51. The Morgan fingerprint density at radius 3 is 2.86 bits per heavy atom. The van der Waals surface area contributed by atoms with Crippen molar-refractivity contribution in [2.45, 2.75) is 13.0 Å². The third-order valence-electron chi connectivity index (χ3n) is 1.71. The summed E-state index contributed by atoms with van der Waals surface area (Å²) in [6, 6.07) is 7.61. The molecule has 14 heavy (non-hydrogen) atoms. The molecule has 1 aromatic rings. The molecule has 3 N–H and O–H groups in total. The highest BCUT2D eigenvalue weighted by Gasteiger charge is 2.01. The SMILES string of the molecule is CC(N)CNc1ccc(C#N)cc1Br. The first-order chi connectivity index (χ1) is 6.63. The van der Waals surface area contributed by atoms with Crippen LogP contribution in [0.2, 0.25) is 0 Å². The lowest BCUT2D eigenvalue weighted by Crippen LogP contribution is -2.25. The highest BCUT2D eigenvalue weighted by molar-refractivity contribution is 9.10.